The molecule has 0 saturated carbocycles. The second-order valence-electron chi connectivity index (χ2n) is 4.59. The molecule has 0 atom stereocenters. The van der Waals surface area contributed by atoms with Crippen LogP contribution in [0.4, 0.5) is 11.4 Å². The van der Waals surface area contributed by atoms with E-state index < -0.39 is 0 Å². The molecule has 88 valence electrons. The zero-order valence-electron chi connectivity index (χ0n) is 10.4. The van der Waals surface area contributed by atoms with Gasteiger partial charge in [0.25, 0.3) is 0 Å². The third-order valence-electron chi connectivity index (χ3n) is 2.24. The first-order valence-corrected chi connectivity index (χ1v) is 5.56. The first-order chi connectivity index (χ1) is 7.49. The van der Waals surface area contributed by atoms with Gasteiger partial charge < -0.3 is 10.2 Å². The zero-order valence-corrected chi connectivity index (χ0v) is 10.4. The van der Waals surface area contributed by atoms with Crippen LogP contribution in [0.1, 0.15) is 20.3 Å². The van der Waals surface area contributed by atoms with Crippen molar-refractivity contribution >= 4 is 17.3 Å². The van der Waals surface area contributed by atoms with Gasteiger partial charge in [0, 0.05) is 31.9 Å². The molecule has 0 unspecified atom stereocenters. The van der Waals surface area contributed by atoms with Crippen LogP contribution in [0.2, 0.25) is 0 Å². The Hall–Kier alpha value is -1.51. The highest BCUT2D eigenvalue weighted by Crippen LogP contribution is 2.17. The highest BCUT2D eigenvalue weighted by Gasteiger charge is 2.05. The van der Waals surface area contributed by atoms with Gasteiger partial charge in [0.15, 0.2) is 0 Å². The average Bonchev–Trinajstić information content (AvgIpc) is 2.16. The van der Waals surface area contributed by atoms with E-state index in [0.717, 1.165) is 11.4 Å². The fraction of sp³-hybridized carbons (Fsp3) is 0.462. The monoisotopic (exact) mass is 220 g/mol. The minimum absolute atomic E-state index is 0.0749. The van der Waals surface area contributed by atoms with Gasteiger partial charge in [-0.2, -0.15) is 0 Å². The van der Waals surface area contributed by atoms with Crippen molar-refractivity contribution in [3.05, 3.63) is 24.3 Å². The lowest BCUT2D eigenvalue weighted by Gasteiger charge is -2.14. The fourth-order valence-corrected chi connectivity index (χ4v) is 1.44. The van der Waals surface area contributed by atoms with Crippen LogP contribution in [0.15, 0.2) is 24.3 Å². The largest absolute Gasteiger partial charge is 0.378 e. The molecule has 16 heavy (non-hydrogen) atoms. The lowest BCUT2D eigenvalue weighted by molar-refractivity contribution is -0.116. The Morgan fingerprint density at radius 3 is 2.62 bits per heavy atom. The molecule has 3 heteroatoms. The van der Waals surface area contributed by atoms with E-state index in [9.17, 15) is 4.79 Å². The van der Waals surface area contributed by atoms with E-state index in [2.05, 4.69) is 5.32 Å². The van der Waals surface area contributed by atoms with Gasteiger partial charge in [-0.15, -0.1) is 0 Å². The molecule has 0 aliphatic carbocycles. The maximum atomic E-state index is 11.6. The normalized spacial score (nSPS) is 10.3. The van der Waals surface area contributed by atoms with Crippen molar-refractivity contribution in [2.24, 2.45) is 5.92 Å². The summed E-state index contributed by atoms with van der Waals surface area (Å²) in [5.41, 5.74) is 1.94. The molecule has 1 N–H and O–H groups in total. The van der Waals surface area contributed by atoms with E-state index in [0.29, 0.717) is 12.3 Å². The van der Waals surface area contributed by atoms with Crippen LogP contribution >= 0.6 is 0 Å². The van der Waals surface area contributed by atoms with E-state index in [1.165, 1.54) is 0 Å². The van der Waals surface area contributed by atoms with Gasteiger partial charge in [-0.25, -0.2) is 0 Å². The topological polar surface area (TPSA) is 32.3 Å². The second kappa shape index (κ2) is 5.54. The van der Waals surface area contributed by atoms with Crippen molar-refractivity contribution in [3.8, 4) is 0 Å². The standard InChI is InChI=1S/C13H20N2O/c1-10(2)8-13(16)14-11-6-5-7-12(9-11)15(3)4/h5-7,9-10H,8H2,1-4H3,(H,14,16). The predicted molar refractivity (Wildman–Crippen MR) is 68.9 cm³/mol. The number of nitrogens with zero attached hydrogens (tertiary/aromatic N) is 1. The second-order valence-corrected chi connectivity index (χ2v) is 4.59. The number of hydrogen-bond donors (Lipinski definition) is 1. The molecule has 0 aliphatic heterocycles. The first kappa shape index (κ1) is 12.6. The molecule has 0 heterocycles. The number of carbonyl (C=O) groups is 1. The summed E-state index contributed by atoms with van der Waals surface area (Å²) in [5, 5.41) is 2.90. The lowest BCUT2D eigenvalue weighted by atomic mass is 10.1. The predicted octanol–water partition coefficient (Wildman–Crippen LogP) is 2.74. The number of benzene rings is 1. The Bertz CT molecular complexity index is 359. The van der Waals surface area contributed by atoms with E-state index in [4.69, 9.17) is 0 Å². The van der Waals surface area contributed by atoms with Crippen molar-refractivity contribution < 1.29 is 4.79 Å². The van der Waals surface area contributed by atoms with Crippen molar-refractivity contribution in [1.29, 1.82) is 0 Å². The van der Waals surface area contributed by atoms with Gasteiger partial charge in [-0.3, -0.25) is 4.79 Å². The number of anilines is 2. The molecule has 0 fully saturated rings. The molecule has 0 aromatic heterocycles. The molecule has 0 spiro atoms. The Morgan fingerprint density at radius 2 is 2.06 bits per heavy atom. The Balaban J connectivity index is 2.67. The number of rotatable bonds is 4. The molecule has 1 aromatic carbocycles. The zero-order chi connectivity index (χ0) is 12.1. The van der Waals surface area contributed by atoms with Crippen LogP contribution in [0.5, 0.6) is 0 Å². The molecule has 0 bridgehead atoms. The SMILES string of the molecule is CC(C)CC(=O)Nc1cccc(N(C)C)c1. The summed E-state index contributed by atoms with van der Waals surface area (Å²) in [6.07, 6.45) is 0.562. The van der Waals surface area contributed by atoms with E-state index in [1.54, 1.807) is 0 Å². The van der Waals surface area contributed by atoms with E-state index in [-0.39, 0.29) is 5.91 Å². The van der Waals surface area contributed by atoms with Crippen molar-refractivity contribution in [1.82, 2.24) is 0 Å². The molecule has 0 saturated heterocycles. The maximum Gasteiger partial charge on any atom is 0.224 e. The molecule has 1 aromatic rings. The maximum absolute atomic E-state index is 11.6. The highest BCUT2D eigenvalue weighted by atomic mass is 16.1. The number of nitrogens with one attached hydrogen (secondary N) is 1. The first-order valence-electron chi connectivity index (χ1n) is 5.56. The minimum atomic E-state index is 0.0749. The van der Waals surface area contributed by atoms with Crippen LogP contribution in [-0.2, 0) is 4.79 Å². The van der Waals surface area contributed by atoms with Crippen LogP contribution in [-0.4, -0.2) is 20.0 Å². The van der Waals surface area contributed by atoms with Gasteiger partial charge in [-0.05, 0) is 24.1 Å². The van der Waals surface area contributed by atoms with Gasteiger partial charge in [0.1, 0.15) is 0 Å². The van der Waals surface area contributed by atoms with Gasteiger partial charge in [0.05, 0.1) is 0 Å². The van der Waals surface area contributed by atoms with Crippen molar-refractivity contribution in [2.75, 3.05) is 24.3 Å². The van der Waals surface area contributed by atoms with Gasteiger partial charge in [-0.1, -0.05) is 19.9 Å². The Morgan fingerprint density at radius 1 is 1.38 bits per heavy atom. The lowest BCUT2D eigenvalue weighted by Crippen LogP contribution is -2.14. The smallest absolute Gasteiger partial charge is 0.224 e. The average molecular weight is 220 g/mol. The molecule has 1 amide bonds. The molecular weight excluding hydrogens is 200 g/mol. The van der Waals surface area contributed by atoms with Crippen LogP contribution in [0.3, 0.4) is 0 Å². The highest BCUT2D eigenvalue weighted by molar-refractivity contribution is 5.91. The van der Waals surface area contributed by atoms with Crippen molar-refractivity contribution in [2.45, 2.75) is 20.3 Å². The van der Waals surface area contributed by atoms with Gasteiger partial charge in [0.2, 0.25) is 5.91 Å². The number of hydrogen-bond acceptors (Lipinski definition) is 2. The minimum Gasteiger partial charge on any atom is -0.378 e. The third kappa shape index (κ3) is 3.93. The molecule has 1 rings (SSSR count). The third-order valence-corrected chi connectivity index (χ3v) is 2.24. The fourth-order valence-electron chi connectivity index (χ4n) is 1.44. The van der Waals surface area contributed by atoms with E-state index >= 15 is 0 Å². The van der Waals surface area contributed by atoms with E-state index in [1.807, 2.05) is 57.1 Å². The summed E-state index contributed by atoms with van der Waals surface area (Å²) < 4.78 is 0. The summed E-state index contributed by atoms with van der Waals surface area (Å²) in [4.78, 5) is 13.6. The summed E-state index contributed by atoms with van der Waals surface area (Å²) in [7, 11) is 3.96. The quantitative estimate of drug-likeness (QED) is 0.846. The Kier molecular flexibility index (Phi) is 4.35. The number of amides is 1. The number of carbonyl (C=O) groups excluding carboxylic acids is 1. The molecule has 0 radical (unpaired) electrons. The molecule has 3 nitrogen and oxygen atoms in total. The van der Waals surface area contributed by atoms with Gasteiger partial charge >= 0.3 is 0 Å². The summed E-state index contributed by atoms with van der Waals surface area (Å²) in [6.45, 7) is 4.08. The summed E-state index contributed by atoms with van der Waals surface area (Å²) in [5.74, 6) is 0.461. The molecular formula is C13H20N2O. The molecule has 0 aliphatic rings. The van der Waals surface area contributed by atoms with Crippen LogP contribution in [0, 0.1) is 5.92 Å². The Labute approximate surface area is 97.5 Å². The summed E-state index contributed by atoms with van der Waals surface area (Å²) in [6, 6.07) is 7.84. The van der Waals surface area contributed by atoms with Crippen molar-refractivity contribution in [3.63, 3.8) is 0 Å². The van der Waals surface area contributed by atoms with Crippen LogP contribution < -0.4 is 10.2 Å². The summed E-state index contributed by atoms with van der Waals surface area (Å²) >= 11 is 0. The van der Waals surface area contributed by atoms with Crippen LogP contribution in [0.25, 0.3) is 0 Å².